The average Bonchev–Trinajstić information content (AvgIpc) is 3.17. The summed E-state index contributed by atoms with van der Waals surface area (Å²) in [6.45, 7) is 4.32. The van der Waals surface area contributed by atoms with Crippen LogP contribution in [0.15, 0.2) is 12.4 Å². The van der Waals surface area contributed by atoms with Crippen molar-refractivity contribution in [3.8, 4) is 0 Å². The van der Waals surface area contributed by atoms with E-state index >= 15 is 0 Å². The molecule has 3 heterocycles. The molecule has 1 saturated heterocycles. The number of hydrogen-bond donors (Lipinski definition) is 1. The summed E-state index contributed by atoms with van der Waals surface area (Å²) in [5.41, 5.74) is 1.03. The molecular weight excluding hydrogens is 250 g/mol. The van der Waals surface area contributed by atoms with Crippen molar-refractivity contribution in [3.63, 3.8) is 0 Å². The maximum atomic E-state index is 4.86. The molecule has 2 aliphatic rings. The Labute approximate surface area is 118 Å². The van der Waals surface area contributed by atoms with E-state index in [0.29, 0.717) is 17.9 Å². The third-order valence-corrected chi connectivity index (χ3v) is 4.87. The predicted molar refractivity (Wildman–Crippen MR) is 77.6 cm³/mol. The summed E-state index contributed by atoms with van der Waals surface area (Å²) in [6.07, 6.45) is 8.95. The van der Waals surface area contributed by atoms with Crippen LogP contribution < -0.4 is 5.32 Å². The van der Waals surface area contributed by atoms with E-state index in [2.05, 4.69) is 27.0 Å². The van der Waals surface area contributed by atoms with E-state index in [1.165, 1.54) is 25.7 Å². The van der Waals surface area contributed by atoms with Gasteiger partial charge in [-0.25, -0.2) is 14.6 Å². The zero-order chi connectivity index (χ0) is 13.5. The van der Waals surface area contributed by atoms with Gasteiger partial charge >= 0.3 is 0 Å². The highest BCUT2D eigenvalue weighted by atomic mass is 15.3. The van der Waals surface area contributed by atoms with Crippen LogP contribution in [0.5, 0.6) is 0 Å². The first-order valence-electron chi connectivity index (χ1n) is 7.74. The van der Waals surface area contributed by atoms with Gasteiger partial charge in [0.1, 0.15) is 5.82 Å². The standard InChI is InChI=1S/C15H21N5/c1-10-6-16-9-13(10)14-17-7-11-8-18-20(15(11)19-14)12-4-2-3-5-12/h7-8,10,12-13,16H,2-6,9H2,1H3/t10-,13-/m1/s1. The van der Waals surface area contributed by atoms with Crippen molar-refractivity contribution >= 4 is 11.0 Å². The molecule has 0 radical (unpaired) electrons. The molecule has 0 aromatic carbocycles. The molecule has 5 heteroatoms. The summed E-state index contributed by atoms with van der Waals surface area (Å²) >= 11 is 0. The van der Waals surface area contributed by atoms with Crippen LogP contribution in [0, 0.1) is 5.92 Å². The van der Waals surface area contributed by atoms with Crippen LogP contribution in [0.4, 0.5) is 0 Å². The highest BCUT2D eigenvalue weighted by Crippen LogP contribution is 2.32. The fraction of sp³-hybridized carbons (Fsp3) is 0.667. The number of fused-ring (bicyclic) bond motifs is 1. The Bertz CT molecular complexity index is 614. The molecule has 1 saturated carbocycles. The van der Waals surface area contributed by atoms with E-state index < -0.39 is 0 Å². The van der Waals surface area contributed by atoms with Crippen LogP contribution in [0.3, 0.4) is 0 Å². The van der Waals surface area contributed by atoms with Crippen LogP contribution in [-0.4, -0.2) is 32.8 Å². The van der Waals surface area contributed by atoms with E-state index in [-0.39, 0.29) is 0 Å². The van der Waals surface area contributed by atoms with Gasteiger partial charge in [-0.1, -0.05) is 19.8 Å². The second-order valence-corrected chi connectivity index (χ2v) is 6.28. The molecular formula is C15H21N5. The molecule has 0 unspecified atom stereocenters. The Morgan fingerprint density at radius 1 is 1.20 bits per heavy atom. The van der Waals surface area contributed by atoms with E-state index in [0.717, 1.165) is 29.9 Å². The number of hydrogen-bond acceptors (Lipinski definition) is 4. The van der Waals surface area contributed by atoms with Gasteiger partial charge in [0.05, 0.1) is 17.6 Å². The molecule has 1 aliphatic carbocycles. The maximum Gasteiger partial charge on any atom is 0.161 e. The highest BCUT2D eigenvalue weighted by Gasteiger charge is 2.28. The van der Waals surface area contributed by atoms with Crippen LogP contribution in [0.25, 0.3) is 11.0 Å². The molecule has 2 aromatic rings. The summed E-state index contributed by atoms with van der Waals surface area (Å²) in [5.74, 6) is 2.02. The minimum absolute atomic E-state index is 0.436. The fourth-order valence-electron chi connectivity index (χ4n) is 3.60. The van der Waals surface area contributed by atoms with Gasteiger partial charge in [-0.3, -0.25) is 0 Å². The lowest BCUT2D eigenvalue weighted by atomic mass is 9.97. The van der Waals surface area contributed by atoms with Gasteiger partial charge in [0.2, 0.25) is 0 Å². The molecule has 2 atom stereocenters. The molecule has 4 rings (SSSR count). The van der Waals surface area contributed by atoms with Gasteiger partial charge in [0.15, 0.2) is 5.65 Å². The van der Waals surface area contributed by atoms with Crippen molar-refractivity contribution in [3.05, 3.63) is 18.2 Å². The lowest BCUT2D eigenvalue weighted by Crippen LogP contribution is -2.13. The normalized spacial score (nSPS) is 27.6. The molecule has 5 nitrogen and oxygen atoms in total. The lowest BCUT2D eigenvalue weighted by Gasteiger charge is -2.14. The van der Waals surface area contributed by atoms with Gasteiger partial charge in [0.25, 0.3) is 0 Å². The second kappa shape index (κ2) is 4.81. The van der Waals surface area contributed by atoms with Gasteiger partial charge in [0, 0.05) is 18.7 Å². The quantitative estimate of drug-likeness (QED) is 0.910. The van der Waals surface area contributed by atoms with Crippen molar-refractivity contribution in [2.75, 3.05) is 13.1 Å². The van der Waals surface area contributed by atoms with Crippen molar-refractivity contribution in [1.29, 1.82) is 0 Å². The first-order valence-corrected chi connectivity index (χ1v) is 7.74. The fourth-order valence-corrected chi connectivity index (χ4v) is 3.60. The van der Waals surface area contributed by atoms with Crippen molar-refractivity contribution in [1.82, 2.24) is 25.1 Å². The lowest BCUT2D eigenvalue weighted by molar-refractivity contribution is 0.476. The van der Waals surface area contributed by atoms with Crippen molar-refractivity contribution in [2.45, 2.75) is 44.6 Å². The largest absolute Gasteiger partial charge is 0.316 e. The third-order valence-electron chi connectivity index (χ3n) is 4.87. The first-order chi connectivity index (χ1) is 9.83. The Hall–Kier alpha value is -1.49. The predicted octanol–water partition coefficient (Wildman–Crippen LogP) is 2.26. The Balaban J connectivity index is 1.75. The Morgan fingerprint density at radius 2 is 2.05 bits per heavy atom. The molecule has 0 amide bonds. The number of nitrogens with zero attached hydrogens (tertiary/aromatic N) is 4. The van der Waals surface area contributed by atoms with E-state index in [1.54, 1.807) is 0 Å². The van der Waals surface area contributed by atoms with Crippen molar-refractivity contribution < 1.29 is 0 Å². The second-order valence-electron chi connectivity index (χ2n) is 6.28. The summed E-state index contributed by atoms with van der Waals surface area (Å²) in [4.78, 5) is 9.44. The summed E-state index contributed by atoms with van der Waals surface area (Å²) < 4.78 is 2.14. The number of aromatic nitrogens is 4. The molecule has 20 heavy (non-hydrogen) atoms. The zero-order valence-corrected chi connectivity index (χ0v) is 11.9. The summed E-state index contributed by atoms with van der Waals surface area (Å²) in [5, 5.41) is 9.06. The molecule has 1 N–H and O–H groups in total. The monoisotopic (exact) mass is 271 g/mol. The summed E-state index contributed by atoms with van der Waals surface area (Å²) in [7, 11) is 0. The smallest absolute Gasteiger partial charge is 0.161 e. The number of nitrogens with one attached hydrogen (secondary N) is 1. The van der Waals surface area contributed by atoms with Gasteiger partial charge < -0.3 is 5.32 Å². The van der Waals surface area contributed by atoms with Crippen molar-refractivity contribution in [2.24, 2.45) is 5.92 Å². The molecule has 0 spiro atoms. The van der Waals surface area contributed by atoms with E-state index in [1.807, 2.05) is 12.4 Å². The minimum Gasteiger partial charge on any atom is -0.316 e. The van der Waals surface area contributed by atoms with Gasteiger partial charge in [-0.2, -0.15) is 5.10 Å². The Morgan fingerprint density at radius 3 is 2.80 bits per heavy atom. The minimum atomic E-state index is 0.436. The van der Waals surface area contributed by atoms with Crippen LogP contribution in [-0.2, 0) is 0 Å². The molecule has 106 valence electrons. The summed E-state index contributed by atoms with van der Waals surface area (Å²) in [6, 6.07) is 0.536. The maximum absolute atomic E-state index is 4.86. The number of rotatable bonds is 2. The molecule has 1 aliphatic heterocycles. The zero-order valence-electron chi connectivity index (χ0n) is 11.9. The highest BCUT2D eigenvalue weighted by molar-refractivity contribution is 5.73. The van der Waals surface area contributed by atoms with Gasteiger partial charge in [-0.15, -0.1) is 0 Å². The first kappa shape index (κ1) is 12.3. The SMILES string of the molecule is C[C@@H]1CNC[C@H]1c1ncc2cnn(C3CCCC3)c2n1. The van der Waals surface area contributed by atoms with Gasteiger partial charge in [-0.05, 0) is 25.3 Å². The van der Waals surface area contributed by atoms with Crippen LogP contribution in [0.2, 0.25) is 0 Å². The molecule has 0 bridgehead atoms. The third kappa shape index (κ3) is 1.92. The Kier molecular flexibility index (Phi) is 2.95. The molecule has 2 fully saturated rings. The van der Waals surface area contributed by atoms with E-state index in [4.69, 9.17) is 4.98 Å². The average molecular weight is 271 g/mol. The topological polar surface area (TPSA) is 55.6 Å². The molecule has 2 aromatic heterocycles. The van der Waals surface area contributed by atoms with Crippen LogP contribution >= 0.6 is 0 Å². The van der Waals surface area contributed by atoms with Crippen LogP contribution in [0.1, 0.15) is 50.4 Å². The van der Waals surface area contributed by atoms with E-state index in [9.17, 15) is 0 Å².